The van der Waals surface area contributed by atoms with Crippen molar-refractivity contribution in [2.24, 2.45) is 0 Å². The highest BCUT2D eigenvalue weighted by atomic mass is 35.5. The maximum absolute atomic E-state index is 17.7. The van der Waals surface area contributed by atoms with E-state index in [1.807, 2.05) is 64.0 Å². The molecular formula is C63H68ClF3N10O7S. The average Bonchev–Trinajstić information content (AvgIpc) is 1.85. The normalized spacial score (nSPS) is 19.5. The van der Waals surface area contributed by atoms with E-state index < -0.39 is 41.1 Å². The van der Waals surface area contributed by atoms with Gasteiger partial charge in [-0.05, 0) is 139 Å². The topological polar surface area (TPSA) is 206 Å². The van der Waals surface area contributed by atoms with E-state index in [2.05, 4.69) is 21.4 Å². The van der Waals surface area contributed by atoms with Crippen molar-refractivity contribution in [2.45, 2.75) is 122 Å². The van der Waals surface area contributed by atoms with Crippen molar-refractivity contribution in [1.82, 2.24) is 34.2 Å². The van der Waals surface area contributed by atoms with E-state index in [1.54, 1.807) is 28.5 Å². The Morgan fingerprint density at radius 1 is 1.09 bits per heavy atom. The predicted molar refractivity (Wildman–Crippen MR) is 323 cm³/mol. The van der Waals surface area contributed by atoms with Gasteiger partial charge in [0, 0.05) is 65.9 Å². The number of fused-ring (bicyclic) bond motifs is 7. The quantitative estimate of drug-likeness (QED) is 0.0414. The Kier molecular flexibility index (Phi) is 16.4. The zero-order valence-electron chi connectivity index (χ0n) is 48.5. The van der Waals surface area contributed by atoms with Gasteiger partial charge in [-0.3, -0.25) is 19.3 Å². The maximum Gasteiger partial charge on any atom is 0.319 e. The molecule has 11 rings (SSSR count). The Balaban J connectivity index is 0.890. The number of ether oxygens (including phenoxy) is 3. The molecule has 4 aromatic heterocycles. The minimum atomic E-state index is -1.38. The number of alkyl halides is 1. The number of hydrogen-bond donors (Lipinski definition) is 2. The first kappa shape index (κ1) is 59.4. The Morgan fingerprint density at radius 2 is 1.89 bits per heavy atom. The monoisotopic (exact) mass is 1200 g/mol. The lowest BCUT2D eigenvalue weighted by Crippen LogP contribution is -2.55. The van der Waals surface area contributed by atoms with Crippen LogP contribution >= 0.6 is 22.9 Å². The zero-order valence-corrected chi connectivity index (χ0v) is 50.1. The van der Waals surface area contributed by atoms with E-state index in [1.165, 1.54) is 12.1 Å². The summed E-state index contributed by atoms with van der Waals surface area (Å²) in [7, 11) is 4.01. The molecule has 3 saturated heterocycles. The molecule has 0 bridgehead atoms. The van der Waals surface area contributed by atoms with Crippen LogP contribution in [0.25, 0.3) is 54.4 Å². The molecule has 22 heteroatoms. The van der Waals surface area contributed by atoms with Crippen LogP contribution in [0.1, 0.15) is 100 Å². The van der Waals surface area contributed by atoms with Crippen LogP contribution in [0.3, 0.4) is 0 Å². The Bertz CT molecular complexity index is 3960. The lowest BCUT2D eigenvalue weighted by Gasteiger charge is -2.41. The van der Waals surface area contributed by atoms with Gasteiger partial charge in [-0.1, -0.05) is 38.1 Å². The number of aromatic nitrogens is 4. The van der Waals surface area contributed by atoms with Gasteiger partial charge in [0.1, 0.15) is 59.5 Å². The third-order valence-corrected chi connectivity index (χ3v) is 19.1. The van der Waals surface area contributed by atoms with E-state index >= 15 is 8.78 Å². The van der Waals surface area contributed by atoms with Crippen LogP contribution in [0.4, 0.5) is 24.0 Å². The number of nitrogen functional groups attached to an aromatic ring is 1. The van der Waals surface area contributed by atoms with Crippen LogP contribution in [0.15, 0.2) is 59.4 Å². The maximum atomic E-state index is 17.7. The molecule has 0 radical (unpaired) electrons. The lowest BCUT2D eigenvalue weighted by molar-refractivity contribution is -0.130. The summed E-state index contributed by atoms with van der Waals surface area (Å²) in [4.78, 5) is 62.9. The van der Waals surface area contributed by atoms with Gasteiger partial charge in [0.2, 0.25) is 0 Å². The van der Waals surface area contributed by atoms with Crippen molar-refractivity contribution >= 4 is 78.0 Å². The number of anilines is 2. The third-order valence-electron chi connectivity index (χ3n) is 17.8. The Hall–Kier alpha value is -7.35. The highest BCUT2D eigenvalue weighted by Gasteiger charge is 2.49. The number of piperazine rings is 1. The van der Waals surface area contributed by atoms with Gasteiger partial charge in [0.15, 0.2) is 5.82 Å². The molecule has 4 aliphatic heterocycles. The number of nitrogens with two attached hydrogens (primary N) is 1. The number of halogens is 4. The number of carbonyl (C=O) groups excluding carboxylic acids is 2. The number of benzene rings is 3. The summed E-state index contributed by atoms with van der Waals surface area (Å²) < 4.78 is 67.9. The minimum absolute atomic E-state index is 0.00121. The molecule has 446 valence electrons. The van der Waals surface area contributed by atoms with Crippen LogP contribution in [0.2, 0.25) is 5.02 Å². The van der Waals surface area contributed by atoms with E-state index in [-0.39, 0.29) is 129 Å². The first-order chi connectivity index (χ1) is 40.7. The molecule has 1 amide bonds. The first-order valence-corrected chi connectivity index (χ1v) is 30.1. The minimum Gasteiger partial charge on any atom is -0.486 e. The molecule has 7 aromatic rings. The van der Waals surface area contributed by atoms with Crippen LogP contribution in [-0.2, 0) is 39.5 Å². The van der Waals surface area contributed by atoms with Crippen molar-refractivity contribution in [3.63, 3.8) is 0 Å². The van der Waals surface area contributed by atoms with Gasteiger partial charge in [-0.15, -0.1) is 11.3 Å². The van der Waals surface area contributed by atoms with E-state index in [0.717, 1.165) is 60.2 Å². The summed E-state index contributed by atoms with van der Waals surface area (Å²) in [6.45, 7) is 14.6. The molecule has 3 fully saturated rings. The van der Waals surface area contributed by atoms with Crippen molar-refractivity contribution < 1.29 is 42.1 Å². The second kappa shape index (κ2) is 23.5. The van der Waals surface area contributed by atoms with Crippen molar-refractivity contribution in [2.75, 3.05) is 70.6 Å². The summed E-state index contributed by atoms with van der Waals surface area (Å²) in [6.07, 6.45) is 3.09. The summed E-state index contributed by atoms with van der Waals surface area (Å²) in [5.41, 5.74) is 8.30. The van der Waals surface area contributed by atoms with Gasteiger partial charge < -0.3 is 44.3 Å². The second-order valence-electron chi connectivity index (χ2n) is 23.4. The van der Waals surface area contributed by atoms with E-state index in [9.17, 15) is 29.1 Å². The predicted octanol–water partition coefficient (Wildman–Crippen LogP) is 10.2. The molecule has 5 unspecified atom stereocenters. The van der Waals surface area contributed by atoms with E-state index in [4.69, 9.17) is 41.5 Å². The third kappa shape index (κ3) is 10.7. The fraction of sp³-hybridized carbons (Fsp3) is 0.444. The largest absolute Gasteiger partial charge is 0.486 e. The zero-order chi connectivity index (χ0) is 60.4. The SMILES string of the molecule is C=C(C(=O)N1CCN(c2nc(OCC34CCCN3CC(F)C4)nc3c(F)c(-c4ccc(F)c5sc(N)c(C#N)c45)c(Cl)cc23)C(C)C1)C(CCCCN(C)C)Oc1ccc2nc3c(c(CC)c2c1)Cn1c-3cc(C(C)(O)CC)c(COC=O)c1=O. The highest BCUT2D eigenvalue weighted by Crippen LogP contribution is 2.47. The summed E-state index contributed by atoms with van der Waals surface area (Å²) >= 11 is 7.95. The number of nitrogens with zero attached hydrogens (tertiary/aromatic N) is 9. The highest BCUT2D eigenvalue weighted by molar-refractivity contribution is 7.23. The van der Waals surface area contributed by atoms with Crippen LogP contribution in [0.5, 0.6) is 11.8 Å². The Labute approximate surface area is 499 Å². The summed E-state index contributed by atoms with van der Waals surface area (Å²) in [6, 6.07) is 13.0. The number of thiophene rings is 1. The van der Waals surface area contributed by atoms with Crippen molar-refractivity contribution in [3.05, 3.63) is 109 Å². The molecule has 0 saturated carbocycles. The molecule has 5 atom stereocenters. The number of aliphatic hydroxyl groups is 1. The smallest absolute Gasteiger partial charge is 0.319 e. The number of pyridine rings is 2. The number of amides is 1. The van der Waals surface area contributed by atoms with Gasteiger partial charge >= 0.3 is 6.01 Å². The number of nitriles is 1. The average molecular weight is 1200 g/mol. The van der Waals surface area contributed by atoms with Gasteiger partial charge in [0.25, 0.3) is 17.9 Å². The number of unbranched alkanes of at least 4 members (excludes halogenated alkanes) is 1. The fourth-order valence-corrected chi connectivity index (χ4v) is 14.4. The standard InChI is InChI=1S/C63H68ClF3N10O7S/c1-8-38-40-23-37(14-17-48(40)70-54-43(38)30-77-49(54)25-45(62(5,81)9-2)44(60(77)80)31-82-33-78)84-50(13-10-11-19-73(6)7)35(4)59(79)74-21-22-76(34(3)28-74)58-41-24-46(64)52(39-15-16-47(66)56-51(39)42(27-68)57(69)85-56)53(67)55(41)71-61(72-58)83-32-63-18-12-20-75(63)29-36(65)26-63/h14-17,23-25,33-34,36,50,81H,4,8-13,18-22,26,28-32,69H2,1-3,5-7H3. The second-order valence-corrected chi connectivity index (χ2v) is 24.9. The summed E-state index contributed by atoms with van der Waals surface area (Å²) in [5.74, 6) is -0.971. The number of rotatable bonds is 20. The molecule has 8 heterocycles. The molecule has 3 N–H and O–H groups in total. The first-order valence-electron chi connectivity index (χ1n) is 28.9. The van der Waals surface area contributed by atoms with Crippen molar-refractivity contribution in [1.29, 1.82) is 5.26 Å². The van der Waals surface area contributed by atoms with Crippen molar-refractivity contribution in [3.8, 4) is 40.3 Å². The molecule has 3 aromatic carbocycles. The van der Waals surface area contributed by atoms with Crippen LogP contribution in [0, 0.1) is 23.0 Å². The van der Waals surface area contributed by atoms with Gasteiger partial charge in [-0.25, -0.2) is 18.2 Å². The molecular weight excluding hydrogens is 1130 g/mol. The molecule has 0 aliphatic carbocycles. The molecule has 85 heavy (non-hydrogen) atoms. The summed E-state index contributed by atoms with van der Waals surface area (Å²) in [5, 5.41) is 22.8. The van der Waals surface area contributed by atoms with Gasteiger partial charge in [-0.2, -0.15) is 15.2 Å². The molecule has 0 spiro atoms. The van der Waals surface area contributed by atoms with Crippen LogP contribution in [-0.4, -0.2) is 136 Å². The number of carbonyl (C=O) groups is 2. The molecule has 17 nitrogen and oxygen atoms in total. The fourth-order valence-electron chi connectivity index (χ4n) is 13.2. The van der Waals surface area contributed by atoms with E-state index in [0.29, 0.717) is 66.3 Å². The lowest BCUT2D eigenvalue weighted by atomic mass is 9.89. The number of hydrogen-bond acceptors (Lipinski definition) is 16. The van der Waals surface area contributed by atoms with Gasteiger partial charge in [0.05, 0.1) is 61.0 Å². The molecule has 4 aliphatic rings. The van der Waals surface area contributed by atoms with Crippen LogP contribution < -0.4 is 25.7 Å². The Morgan fingerprint density at radius 3 is 2.62 bits per heavy atom. The number of aryl methyl sites for hydroxylation is 1.